The Hall–Kier alpha value is -1.72. The zero-order chi connectivity index (χ0) is 11.6. The second-order valence-corrected chi connectivity index (χ2v) is 2.83. The molecule has 1 aromatic rings. The minimum atomic E-state index is -4.43. The highest BCUT2D eigenvalue weighted by atomic mass is 19.4. The van der Waals surface area contributed by atoms with E-state index >= 15 is 0 Å². The van der Waals surface area contributed by atoms with E-state index in [2.05, 4.69) is 0 Å². The third kappa shape index (κ3) is 2.39. The summed E-state index contributed by atoms with van der Waals surface area (Å²) < 4.78 is 41.6. The summed E-state index contributed by atoms with van der Waals surface area (Å²) >= 11 is 0. The lowest BCUT2D eigenvalue weighted by Gasteiger charge is -2.11. The summed E-state index contributed by atoms with van der Waals surface area (Å²) in [6.07, 6.45) is -4.43. The summed E-state index contributed by atoms with van der Waals surface area (Å²) in [5.41, 5.74) is 4.49. The van der Waals surface area contributed by atoms with Crippen LogP contribution in [0.2, 0.25) is 0 Å². The van der Waals surface area contributed by atoms with E-state index in [1.165, 1.54) is 7.11 Å². The fourth-order valence-corrected chi connectivity index (χ4v) is 1.09. The number of nitrogens with one attached hydrogen (secondary N) is 1. The topological polar surface area (TPSA) is 59.1 Å². The van der Waals surface area contributed by atoms with Crippen molar-refractivity contribution < 1.29 is 17.9 Å². The summed E-state index contributed by atoms with van der Waals surface area (Å²) in [5, 5.41) is 7.12. The largest absolute Gasteiger partial charge is 0.496 e. The van der Waals surface area contributed by atoms with Gasteiger partial charge in [0, 0.05) is 0 Å². The molecule has 0 amide bonds. The van der Waals surface area contributed by atoms with Gasteiger partial charge in [0.15, 0.2) is 0 Å². The Labute approximate surface area is 84.2 Å². The number of nitrogen functional groups attached to an aromatic ring is 1. The lowest BCUT2D eigenvalue weighted by atomic mass is 10.1. The summed E-state index contributed by atoms with van der Waals surface area (Å²) in [6.45, 7) is 0. The molecule has 1 rings (SSSR count). The van der Waals surface area contributed by atoms with Crippen molar-refractivity contribution in [3.05, 3.63) is 29.3 Å². The van der Waals surface area contributed by atoms with Gasteiger partial charge in [-0.05, 0) is 18.2 Å². The maximum Gasteiger partial charge on any atom is 0.416 e. The second kappa shape index (κ2) is 3.80. The molecule has 0 spiro atoms. The molecule has 6 heteroatoms. The molecular formula is C9H9F3N2O. The first-order valence-corrected chi connectivity index (χ1v) is 3.96. The number of benzene rings is 1. The van der Waals surface area contributed by atoms with Crippen LogP contribution in [0.15, 0.2) is 18.2 Å². The Morgan fingerprint density at radius 3 is 2.40 bits per heavy atom. The van der Waals surface area contributed by atoms with Crippen molar-refractivity contribution in [2.75, 3.05) is 7.11 Å². The predicted octanol–water partition coefficient (Wildman–Crippen LogP) is 2.00. The summed E-state index contributed by atoms with van der Waals surface area (Å²) in [5.74, 6) is -0.391. The van der Waals surface area contributed by atoms with Crippen molar-refractivity contribution in [2.24, 2.45) is 5.73 Å². The third-order valence-corrected chi connectivity index (χ3v) is 1.82. The van der Waals surface area contributed by atoms with Gasteiger partial charge in [0.2, 0.25) is 0 Å². The van der Waals surface area contributed by atoms with Crippen molar-refractivity contribution in [1.82, 2.24) is 0 Å². The van der Waals surface area contributed by atoms with Crippen molar-refractivity contribution in [3.8, 4) is 5.75 Å². The Kier molecular flexibility index (Phi) is 2.88. The van der Waals surface area contributed by atoms with Gasteiger partial charge in [-0.2, -0.15) is 13.2 Å². The number of amidine groups is 1. The van der Waals surface area contributed by atoms with Gasteiger partial charge in [0.25, 0.3) is 0 Å². The van der Waals surface area contributed by atoms with E-state index in [4.69, 9.17) is 15.9 Å². The smallest absolute Gasteiger partial charge is 0.416 e. The van der Waals surface area contributed by atoms with E-state index in [1.807, 2.05) is 0 Å². The monoisotopic (exact) mass is 218 g/mol. The van der Waals surface area contributed by atoms with Crippen molar-refractivity contribution >= 4 is 5.84 Å². The van der Waals surface area contributed by atoms with Crippen LogP contribution in [-0.4, -0.2) is 12.9 Å². The number of nitrogens with two attached hydrogens (primary N) is 1. The predicted molar refractivity (Wildman–Crippen MR) is 49.0 cm³/mol. The molecule has 15 heavy (non-hydrogen) atoms. The highest BCUT2D eigenvalue weighted by Gasteiger charge is 2.31. The first kappa shape index (κ1) is 11.4. The van der Waals surface area contributed by atoms with Crippen LogP contribution in [0.4, 0.5) is 13.2 Å². The molecule has 82 valence electrons. The van der Waals surface area contributed by atoms with E-state index in [0.717, 1.165) is 18.2 Å². The first-order chi connectivity index (χ1) is 6.86. The summed E-state index contributed by atoms with van der Waals surface area (Å²) in [6, 6.07) is 2.79. The van der Waals surface area contributed by atoms with Gasteiger partial charge in [0.1, 0.15) is 11.6 Å². The van der Waals surface area contributed by atoms with Gasteiger partial charge in [0.05, 0.1) is 18.2 Å². The number of halogens is 3. The van der Waals surface area contributed by atoms with Gasteiger partial charge in [-0.25, -0.2) is 0 Å². The van der Waals surface area contributed by atoms with Gasteiger partial charge >= 0.3 is 6.18 Å². The maximum atomic E-state index is 12.3. The number of hydrogen-bond acceptors (Lipinski definition) is 2. The summed E-state index contributed by atoms with van der Waals surface area (Å²) in [7, 11) is 1.22. The molecule has 0 radical (unpaired) electrons. The minimum absolute atomic E-state index is 0.0580. The van der Waals surface area contributed by atoms with E-state index in [-0.39, 0.29) is 17.1 Å². The van der Waals surface area contributed by atoms with Gasteiger partial charge in [-0.15, -0.1) is 0 Å². The molecule has 0 unspecified atom stereocenters. The van der Waals surface area contributed by atoms with Gasteiger partial charge in [-0.1, -0.05) is 0 Å². The quantitative estimate of drug-likeness (QED) is 0.589. The molecule has 1 aromatic carbocycles. The van der Waals surface area contributed by atoms with Crippen LogP contribution in [0, 0.1) is 5.41 Å². The number of ether oxygens (including phenoxy) is 1. The fourth-order valence-electron chi connectivity index (χ4n) is 1.09. The molecule has 0 bridgehead atoms. The Balaban J connectivity index is 3.25. The average molecular weight is 218 g/mol. The lowest BCUT2D eigenvalue weighted by Crippen LogP contribution is -2.14. The van der Waals surface area contributed by atoms with E-state index in [9.17, 15) is 13.2 Å². The maximum absolute atomic E-state index is 12.3. The van der Waals surface area contributed by atoms with Crippen LogP contribution in [0.1, 0.15) is 11.1 Å². The van der Waals surface area contributed by atoms with Crippen LogP contribution < -0.4 is 10.5 Å². The molecule has 0 atom stereocenters. The minimum Gasteiger partial charge on any atom is -0.496 e. The van der Waals surface area contributed by atoms with Crippen molar-refractivity contribution in [2.45, 2.75) is 6.18 Å². The molecule has 0 aliphatic carbocycles. The Bertz CT molecular complexity index is 387. The average Bonchev–Trinajstić information content (AvgIpc) is 2.15. The summed E-state index contributed by atoms with van der Waals surface area (Å²) in [4.78, 5) is 0. The zero-order valence-electron chi connectivity index (χ0n) is 7.85. The number of methoxy groups -OCH3 is 1. The molecular weight excluding hydrogens is 209 g/mol. The lowest BCUT2D eigenvalue weighted by molar-refractivity contribution is -0.137. The highest BCUT2D eigenvalue weighted by molar-refractivity contribution is 5.97. The molecule has 0 aliphatic heterocycles. The van der Waals surface area contributed by atoms with E-state index < -0.39 is 11.7 Å². The van der Waals surface area contributed by atoms with E-state index in [1.54, 1.807) is 0 Å². The third-order valence-electron chi connectivity index (χ3n) is 1.82. The molecule has 3 nitrogen and oxygen atoms in total. The second-order valence-electron chi connectivity index (χ2n) is 2.83. The Morgan fingerprint density at radius 1 is 1.40 bits per heavy atom. The van der Waals surface area contributed by atoms with Crippen LogP contribution >= 0.6 is 0 Å². The number of alkyl halides is 3. The molecule has 0 heterocycles. The first-order valence-electron chi connectivity index (χ1n) is 3.96. The molecule has 0 aliphatic rings. The van der Waals surface area contributed by atoms with Gasteiger partial charge < -0.3 is 10.5 Å². The van der Waals surface area contributed by atoms with Crippen LogP contribution in [0.25, 0.3) is 0 Å². The number of hydrogen-bond donors (Lipinski definition) is 2. The normalized spacial score (nSPS) is 11.2. The molecule has 0 saturated carbocycles. The fraction of sp³-hybridized carbons (Fsp3) is 0.222. The van der Waals surface area contributed by atoms with Crippen LogP contribution in [-0.2, 0) is 6.18 Å². The van der Waals surface area contributed by atoms with Crippen LogP contribution in [0.5, 0.6) is 5.75 Å². The standard InChI is InChI=1S/C9H9F3N2O/c1-15-7-4-5(9(10,11)12)2-3-6(7)8(13)14/h2-4H,1H3,(H3,13,14). The zero-order valence-corrected chi connectivity index (χ0v) is 7.85. The SMILES string of the molecule is COc1cc(C(F)(F)F)ccc1C(=N)N. The Morgan fingerprint density at radius 2 is 2.00 bits per heavy atom. The van der Waals surface area contributed by atoms with Crippen molar-refractivity contribution in [3.63, 3.8) is 0 Å². The molecule has 0 saturated heterocycles. The molecule has 0 fully saturated rings. The highest BCUT2D eigenvalue weighted by Crippen LogP contribution is 2.32. The number of rotatable bonds is 2. The van der Waals surface area contributed by atoms with E-state index in [0.29, 0.717) is 0 Å². The molecule has 3 N–H and O–H groups in total. The van der Waals surface area contributed by atoms with Crippen LogP contribution in [0.3, 0.4) is 0 Å². The van der Waals surface area contributed by atoms with Crippen molar-refractivity contribution in [1.29, 1.82) is 5.41 Å². The molecule has 0 aromatic heterocycles. The van der Waals surface area contributed by atoms with Gasteiger partial charge in [-0.3, -0.25) is 5.41 Å².